The summed E-state index contributed by atoms with van der Waals surface area (Å²) < 4.78 is 0. The Hall–Kier alpha value is -2.04. The van der Waals surface area contributed by atoms with Gasteiger partial charge >= 0.3 is 0 Å². The molecule has 152 valence electrons. The number of hydrogen-bond donors (Lipinski definition) is 0. The predicted octanol–water partition coefficient (Wildman–Crippen LogP) is 6.41. The standard InChI is InChI=1S/C24H26ClNO2S/c1-4-5-6-7-14-26-23(27)21(18-9-8-16(2)17(3)15-18)22(24(26)28)29-20-12-10-19(25)11-13-20/h8-13,15H,4-7,14H2,1-3H3. The number of imide groups is 1. The van der Waals surface area contributed by atoms with Gasteiger partial charge in [0.15, 0.2) is 0 Å². The van der Waals surface area contributed by atoms with Crippen LogP contribution >= 0.6 is 23.4 Å². The molecule has 1 aliphatic rings. The summed E-state index contributed by atoms with van der Waals surface area (Å²) in [4.78, 5) is 29.2. The SMILES string of the molecule is CCCCCCN1C(=O)C(Sc2ccc(Cl)cc2)=C(c2ccc(C)c(C)c2)C1=O. The van der Waals surface area contributed by atoms with Crippen molar-refractivity contribution < 1.29 is 9.59 Å². The summed E-state index contributed by atoms with van der Waals surface area (Å²) in [5.41, 5.74) is 3.58. The minimum atomic E-state index is -0.195. The number of carbonyl (C=O) groups excluding carboxylic acids is 2. The fourth-order valence-electron chi connectivity index (χ4n) is 3.32. The normalized spacial score (nSPS) is 14.3. The van der Waals surface area contributed by atoms with Crippen LogP contribution in [0.3, 0.4) is 0 Å². The Kier molecular flexibility index (Phi) is 7.20. The molecule has 0 aliphatic carbocycles. The zero-order chi connectivity index (χ0) is 21.0. The molecule has 0 aromatic heterocycles. The minimum Gasteiger partial charge on any atom is -0.274 e. The van der Waals surface area contributed by atoms with Gasteiger partial charge in [-0.1, -0.05) is 67.7 Å². The number of carbonyl (C=O) groups is 2. The maximum atomic E-state index is 13.2. The highest BCUT2D eigenvalue weighted by molar-refractivity contribution is 8.04. The second-order valence-corrected chi connectivity index (χ2v) is 8.90. The van der Waals surface area contributed by atoms with Crippen molar-refractivity contribution in [2.24, 2.45) is 0 Å². The van der Waals surface area contributed by atoms with Crippen LogP contribution in [0.5, 0.6) is 0 Å². The lowest BCUT2D eigenvalue weighted by molar-refractivity contribution is -0.136. The Labute approximate surface area is 182 Å². The van der Waals surface area contributed by atoms with E-state index in [0.717, 1.165) is 47.3 Å². The fraction of sp³-hybridized carbons (Fsp3) is 0.333. The van der Waals surface area contributed by atoms with Gasteiger partial charge in [0.1, 0.15) is 0 Å². The molecule has 2 aromatic carbocycles. The molecule has 0 fully saturated rings. The van der Waals surface area contributed by atoms with Crippen LogP contribution in [0.15, 0.2) is 52.3 Å². The van der Waals surface area contributed by atoms with E-state index in [0.29, 0.717) is 22.0 Å². The van der Waals surface area contributed by atoms with E-state index >= 15 is 0 Å². The molecule has 0 unspecified atom stereocenters. The van der Waals surface area contributed by atoms with Crippen LogP contribution in [0.25, 0.3) is 5.57 Å². The monoisotopic (exact) mass is 427 g/mol. The summed E-state index contributed by atoms with van der Waals surface area (Å²) in [6, 6.07) is 13.3. The topological polar surface area (TPSA) is 37.4 Å². The fourth-order valence-corrected chi connectivity index (χ4v) is 4.46. The largest absolute Gasteiger partial charge is 0.274 e. The number of amides is 2. The summed E-state index contributed by atoms with van der Waals surface area (Å²) in [6.45, 7) is 6.68. The van der Waals surface area contributed by atoms with Crippen LogP contribution < -0.4 is 0 Å². The lowest BCUT2D eigenvalue weighted by Crippen LogP contribution is -2.32. The number of benzene rings is 2. The highest BCUT2D eigenvalue weighted by Crippen LogP contribution is 2.40. The average molecular weight is 428 g/mol. The molecule has 0 saturated heterocycles. The maximum absolute atomic E-state index is 13.2. The van der Waals surface area contributed by atoms with Gasteiger partial charge in [-0.25, -0.2) is 0 Å². The number of thioether (sulfide) groups is 1. The molecule has 0 saturated carbocycles. The molecular weight excluding hydrogens is 402 g/mol. The molecule has 0 N–H and O–H groups in total. The van der Waals surface area contributed by atoms with Crippen molar-refractivity contribution in [2.45, 2.75) is 51.3 Å². The first-order valence-corrected chi connectivity index (χ1v) is 11.2. The molecule has 0 spiro atoms. The van der Waals surface area contributed by atoms with Gasteiger partial charge in [-0.3, -0.25) is 14.5 Å². The van der Waals surface area contributed by atoms with Crippen LogP contribution in [0.4, 0.5) is 0 Å². The third-order valence-corrected chi connectivity index (χ3v) is 6.53. The first kappa shape index (κ1) is 21.7. The molecule has 2 amide bonds. The molecule has 1 heterocycles. The second-order valence-electron chi connectivity index (χ2n) is 7.38. The van der Waals surface area contributed by atoms with Gasteiger partial charge in [0.05, 0.1) is 10.5 Å². The van der Waals surface area contributed by atoms with E-state index in [1.165, 1.54) is 16.7 Å². The van der Waals surface area contributed by atoms with E-state index in [4.69, 9.17) is 11.6 Å². The quantitative estimate of drug-likeness (QED) is 0.361. The van der Waals surface area contributed by atoms with Gasteiger partial charge < -0.3 is 0 Å². The predicted molar refractivity (Wildman–Crippen MR) is 121 cm³/mol. The summed E-state index contributed by atoms with van der Waals surface area (Å²) in [7, 11) is 0. The second kappa shape index (κ2) is 9.64. The van der Waals surface area contributed by atoms with Crippen molar-refractivity contribution in [2.75, 3.05) is 6.54 Å². The van der Waals surface area contributed by atoms with E-state index in [2.05, 4.69) is 6.92 Å². The molecular formula is C24H26ClNO2S. The Balaban J connectivity index is 1.96. The summed E-state index contributed by atoms with van der Waals surface area (Å²) in [5.74, 6) is -0.383. The lowest BCUT2D eigenvalue weighted by Gasteiger charge is -2.15. The van der Waals surface area contributed by atoms with Crippen LogP contribution in [0.2, 0.25) is 5.02 Å². The Morgan fingerprint density at radius 3 is 2.28 bits per heavy atom. The van der Waals surface area contributed by atoms with Gasteiger partial charge in [0.25, 0.3) is 11.8 Å². The smallest absolute Gasteiger partial charge is 0.268 e. The number of rotatable bonds is 8. The molecule has 5 heteroatoms. The lowest BCUT2D eigenvalue weighted by atomic mass is 10.0. The third-order valence-electron chi connectivity index (χ3n) is 5.19. The van der Waals surface area contributed by atoms with Crippen molar-refractivity contribution in [3.05, 3.63) is 69.1 Å². The average Bonchev–Trinajstić information content (AvgIpc) is 2.93. The van der Waals surface area contributed by atoms with Crippen LogP contribution in [0.1, 0.15) is 49.3 Å². The molecule has 0 atom stereocenters. The minimum absolute atomic E-state index is 0.189. The van der Waals surface area contributed by atoms with Crippen molar-refractivity contribution in [3.63, 3.8) is 0 Å². The Bertz CT molecular complexity index is 950. The highest BCUT2D eigenvalue weighted by Gasteiger charge is 2.39. The molecule has 1 aliphatic heterocycles. The molecule has 3 rings (SSSR count). The first-order valence-electron chi connectivity index (χ1n) is 10.0. The van der Waals surface area contributed by atoms with E-state index < -0.39 is 0 Å². The number of halogens is 1. The number of hydrogen-bond acceptors (Lipinski definition) is 3. The number of aryl methyl sites for hydroxylation is 2. The Morgan fingerprint density at radius 2 is 1.62 bits per heavy atom. The van der Waals surface area contributed by atoms with Gasteiger partial charge in [-0.2, -0.15) is 0 Å². The Morgan fingerprint density at radius 1 is 0.897 bits per heavy atom. The number of nitrogens with zero attached hydrogens (tertiary/aromatic N) is 1. The van der Waals surface area contributed by atoms with E-state index in [1.54, 1.807) is 12.1 Å². The summed E-state index contributed by atoms with van der Waals surface area (Å²) in [5, 5.41) is 0.643. The van der Waals surface area contributed by atoms with Gasteiger partial charge in [-0.15, -0.1) is 0 Å². The van der Waals surface area contributed by atoms with Crippen molar-refractivity contribution in [1.82, 2.24) is 4.90 Å². The van der Waals surface area contributed by atoms with Crippen molar-refractivity contribution in [1.29, 1.82) is 0 Å². The maximum Gasteiger partial charge on any atom is 0.268 e. The van der Waals surface area contributed by atoms with Crippen molar-refractivity contribution in [3.8, 4) is 0 Å². The molecule has 0 bridgehead atoms. The molecule has 0 radical (unpaired) electrons. The van der Waals surface area contributed by atoms with Crippen LogP contribution in [-0.2, 0) is 9.59 Å². The highest BCUT2D eigenvalue weighted by atomic mass is 35.5. The van der Waals surface area contributed by atoms with Crippen LogP contribution in [-0.4, -0.2) is 23.3 Å². The van der Waals surface area contributed by atoms with Gasteiger partial charge in [0, 0.05) is 16.5 Å². The zero-order valence-corrected chi connectivity index (χ0v) is 18.7. The van der Waals surface area contributed by atoms with Crippen LogP contribution in [0, 0.1) is 13.8 Å². The molecule has 3 nitrogen and oxygen atoms in total. The van der Waals surface area contributed by atoms with E-state index in [-0.39, 0.29) is 11.8 Å². The third kappa shape index (κ3) is 4.93. The van der Waals surface area contributed by atoms with Gasteiger partial charge in [-0.05, 0) is 61.2 Å². The van der Waals surface area contributed by atoms with E-state index in [1.807, 2.05) is 44.2 Å². The molecule has 29 heavy (non-hydrogen) atoms. The molecule has 2 aromatic rings. The van der Waals surface area contributed by atoms with E-state index in [9.17, 15) is 9.59 Å². The summed E-state index contributed by atoms with van der Waals surface area (Å²) >= 11 is 7.33. The number of unbranched alkanes of at least 4 members (excludes halogenated alkanes) is 3. The first-order chi connectivity index (χ1) is 13.9. The van der Waals surface area contributed by atoms with Crippen molar-refractivity contribution >= 4 is 40.8 Å². The zero-order valence-electron chi connectivity index (χ0n) is 17.1. The van der Waals surface area contributed by atoms with Gasteiger partial charge in [0.2, 0.25) is 0 Å². The summed E-state index contributed by atoms with van der Waals surface area (Å²) in [6.07, 6.45) is 4.09.